The molecule has 0 aliphatic carbocycles. The lowest BCUT2D eigenvalue weighted by Crippen LogP contribution is -2.49. The molecule has 0 saturated carbocycles. The first-order valence-corrected chi connectivity index (χ1v) is 10.0. The second kappa shape index (κ2) is 9.08. The van der Waals surface area contributed by atoms with E-state index in [0.717, 1.165) is 70.4 Å². The molecule has 4 rings (SSSR count). The number of nitrogens with zero attached hydrogens (tertiary/aromatic N) is 3. The van der Waals surface area contributed by atoms with E-state index in [1.165, 1.54) is 5.56 Å². The normalized spacial score (nSPS) is 18.1. The first-order chi connectivity index (χ1) is 13.8. The van der Waals surface area contributed by atoms with Gasteiger partial charge in [-0.15, -0.1) is 0 Å². The molecular formula is C22H28N4O2. The molecule has 0 aromatic heterocycles. The Labute approximate surface area is 166 Å². The summed E-state index contributed by atoms with van der Waals surface area (Å²) in [5.41, 5.74) is 3.27. The van der Waals surface area contributed by atoms with Crippen molar-refractivity contribution in [3.63, 3.8) is 0 Å². The largest absolute Gasteiger partial charge is 0.378 e. The number of morpholine rings is 1. The van der Waals surface area contributed by atoms with Crippen molar-refractivity contribution >= 4 is 17.4 Å². The van der Waals surface area contributed by atoms with Crippen LogP contribution < -0.4 is 10.2 Å². The molecule has 2 amide bonds. The highest BCUT2D eigenvalue weighted by atomic mass is 16.5. The van der Waals surface area contributed by atoms with Gasteiger partial charge >= 0.3 is 6.03 Å². The van der Waals surface area contributed by atoms with Crippen LogP contribution in [-0.2, 0) is 11.3 Å². The van der Waals surface area contributed by atoms with E-state index in [2.05, 4.69) is 45.4 Å². The van der Waals surface area contributed by atoms with Crippen LogP contribution in [0.2, 0.25) is 0 Å². The fraction of sp³-hybridized carbons (Fsp3) is 0.409. The highest BCUT2D eigenvalue weighted by Crippen LogP contribution is 2.26. The van der Waals surface area contributed by atoms with Crippen molar-refractivity contribution < 1.29 is 9.53 Å². The minimum absolute atomic E-state index is 0.0138. The van der Waals surface area contributed by atoms with Crippen molar-refractivity contribution in [2.75, 3.05) is 62.7 Å². The van der Waals surface area contributed by atoms with Gasteiger partial charge in [0, 0.05) is 45.8 Å². The standard InChI is InChI=1S/C22H28N4O2/c27-22(23-20-8-4-5-9-21(20)25-14-16-28-17-15-25)26-12-10-24(11-13-26)18-19-6-2-1-3-7-19/h1-9H,10-18H2,(H,23,27). The van der Waals surface area contributed by atoms with E-state index in [1.54, 1.807) is 0 Å². The summed E-state index contributed by atoms with van der Waals surface area (Å²) in [6, 6.07) is 18.5. The van der Waals surface area contributed by atoms with E-state index >= 15 is 0 Å². The Morgan fingerprint density at radius 3 is 2.29 bits per heavy atom. The van der Waals surface area contributed by atoms with Crippen LogP contribution in [0.4, 0.5) is 16.2 Å². The molecule has 2 fully saturated rings. The maximum atomic E-state index is 12.8. The number of anilines is 2. The highest BCUT2D eigenvalue weighted by Gasteiger charge is 2.22. The number of amides is 2. The van der Waals surface area contributed by atoms with Crippen molar-refractivity contribution in [2.24, 2.45) is 0 Å². The molecule has 2 aromatic carbocycles. The summed E-state index contributed by atoms with van der Waals surface area (Å²) in [6.45, 7) is 7.39. The number of nitrogens with one attached hydrogen (secondary N) is 1. The lowest BCUT2D eigenvalue weighted by molar-refractivity contribution is 0.123. The fourth-order valence-corrected chi connectivity index (χ4v) is 3.80. The van der Waals surface area contributed by atoms with Crippen LogP contribution in [0.5, 0.6) is 0 Å². The molecule has 0 spiro atoms. The van der Waals surface area contributed by atoms with Crippen LogP contribution >= 0.6 is 0 Å². The zero-order valence-electron chi connectivity index (χ0n) is 16.2. The number of hydrogen-bond donors (Lipinski definition) is 1. The molecule has 2 aromatic rings. The summed E-state index contributed by atoms with van der Waals surface area (Å²) in [5, 5.41) is 3.13. The molecule has 0 radical (unpaired) electrons. The molecule has 2 saturated heterocycles. The van der Waals surface area contributed by atoms with Gasteiger partial charge < -0.3 is 19.9 Å². The third-order valence-corrected chi connectivity index (χ3v) is 5.41. The molecule has 148 valence electrons. The monoisotopic (exact) mass is 380 g/mol. The zero-order chi connectivity index (χ0) is 19.2. The molecule has 6 nitrogen and oxygen atoms in total. The molecule has 0 atom stereocenters. The van der Waals surface area contributed by atoms with Gasteiger partial charge in [0.05, 0.1) is 24.6 Å². The van der Waals surface area contributed by atoms with Crippen molar-refractivity contribution in [1.82, 2.24) is 9.80 Å². The molecule has 0 unspecified atom stereocenters. The Kier molecular flexibility index (Phi) is 6.09. The third-order valence-electron chi connectivity index (χ3n) is 5.41. The molecule has 2 heterocycles. The Morgan fingerprint density at radius 1 is 0.857 bits per heavy atom. The number of hydrogen-bond acceptors (Lipinski definition) is 4. The topological polar surface area (TPSA) is 48.1 Å². The second-order valence-electron chi connectivity index (χ2n) is 7.30. The lowest BCUT2D eigenvalue weighted by atomic mass is 10.2. The lowest BCUT2D eigenvalue weighted by Gasteiger charge is -2.35. The average Bonchev–Trinajstić information content (AvgIpc) is 2.76. The van der Waals surface area contributed by atoms with Crippen LogP contribution in [-0.4, -0.2) is 68.3 Å². The number of carbonyl (C=O) groups is 1. The van der Waals surface area contributed by atoms with E-state index in [1.807, 2.05) is 29.2 Å². The summed E-state index contributed by atoms with van der Waals surface area (Å²) < 4.78 is 5.45. The van der Waals surface area contributed by atoms with E-state index in [4.69, 9.17) is 4.74 Å². The first kappa shape index (κ1) is 18.8. The van der Waals surface area contributed by atoms with E-state index in [-0.39, 0.29) is 6.03 Å². The highest BCUT2D eigenvalue weighted by molar-refractivity contribution is 5.93. The van der Waals surface area contributed by atoms with E-state index < -0.39 is 0 Å². The van der Waals surface area contributed by atoms with Gasteiger partial charge in [-0.05, 0) is 17.7 Å². The summed E-state index contributed by atoms with van der Waals surface area (Å²) in [6.07, 6.45) is 0. The Bertz CT molecular complexity index is 769. The van der Waals surface area contributed by atoms with Gasteiger partial charge in [0.15, 0.2) is 0 Å². The van der Waals surface area contributed by atoms with Crippen LogP contribution in [0.15, 0.2) is 54.6 Å². The van der Waals surface area contributed by atoms with Gasteiger partial charge in [0.2, 0.25) is 0 Å². The smallest absolute Gasteiger partial charge is 0.321 e. The van der Waals surface area contributed by atoms with Gasteiger partial charge in [0.25, 0.3) is 0 Å². The minimum atomic E-state index is -0.0138. The first-order valence-electron chi connectivity index (χ1n) is 10.0. The van der Waals surface area contributed by atoms with Crippen LogP contribution in [0, 0.1) is 0 Å². The Morgan fingerprint density at radius 2 is 1.54 bits per heavy atom. The molecular weight excluding hydrogens is 352 g/mol. The van der Waals surface area contributed by atoms with Crippen molar-refractivity contribution in [3.8, 4) is 0 Å². The molecule has 28 heavy (non-hydrogen) atoms. The predicted molar refractivity (Wildman–Crippen MR) is 112 cm³/mol. The number of ether oxygens (including phenoxy) is 1. The third kappa shape index (κ3) is 4.64. The molecule has 2 aliphatic rings. The maximum Gasteiger partial charge on any atom is 0.321 e. The van der Waals surface area contributed by atoms with Crippen molar-refractivity contribution in [2.45, 2.75) is 6.54 Å². The SMILES string of the molecule is O=C(Nc1ccccc1N1CCOCC1)N1CCN(Cc2ccccc2)CC1. The molecule has 0 bridgehead atoms. The summed E-state index contributed by atoms with van der Waals surface area (Å²) in [5.74, 6) is 0. The number of benzene rings is 2. The second-order valence-corrected chi connectivity index (χ2v) is 7.30. The average molecular weight is 380 g/mol. The van der Waals surface area contributed by atoms with Crippen LogP contribution in [0.1, 0.15) is 5.56 Å². The molecule has 1 N–H and O–H groups in total. The number of para-hydroxylation sites is 2. The van der Waals surface area contributed by atoms with Gasteiger partial charge in [-0.25, -0.2) is 4.79 Å². The van der Waals surface area contributed by atoms with Gasteiger partial charge in [0.1, 0.15) is 0 Å². The van der Waals surface area contributed by atoms with Crippen LogP contribution in [0.3, 0.4) is 0 Å². The Hall–Kier alpha value is -2.57. The number of carbonyl (C=O) groups excluding carboxylic acids is 1. The number of piperazine rings is 1. The number of rotatable bonds is 4. The minimum Gasteiger partial charge on any atom is -0.378 e. The summed E-state index contributed by atoms with van der Waals surface area (Å²) >= 11 is 0. The number of urea groups is 1. The maximum absolute atomic E-state index is 12.8. The molecule has 6 heteroatoms. The summed E-state index contributed by atoms with van der Waals surface area (Å²) in [4.78, 5) is 19.4. The van der Waals surface area contributed by atoms with E-state index in [9.17, 15) is 4.79 Å². The summed E-state index contributed by atoms with van der Waals surface area (Å²) in [7, 11) is 0. The predicted octanol–water partition coefficient (Wildman–Crippen LogP) is 2.87. The van der Waals surface area contributed by atoms with Gasteiger partial charge in [-0.3, -0.25) is 4.90 Å². The Balaban J connectivity index is 1.32. The zero-order valence-corrected chi connectivity index (χ0v) is 16.2. The molecule has 2 aliphatic heterocycles. The van der Waals surface area contributed by atoms with Gasteiger partial charge in [-0.1, -0.05) is 42.5 Å². The van der Waals surface area contributed by atoms with Crippen molar-refractivity contribution in [1.29, 1.82) is 0 Å². The van der Waals surface area contributed by atoms with Crippen LogP contribution in [0.25, 0.3) is 0 Å². The van der Waals surface area contributed by atoms with Crippen molar-refractivity contribution in [3.05, 3.63) is 60.2 Å². The quantitative estimate of drug-likeness (QED) is 0.886. The van der Waals surface area contributed by atoms with E-state index in [0.29, 0.717) is 0 Å². The fourth-order valence-electron chi connectivity index (χ4n) is 3.80. The van der Waals surface area contributed by atoms with Gasteiger partial charge in [-0.2, -0.15) is 0 Å².